The van der Waals surface area contributed by atoms with Gasteiger partial charge in [0.25, 0.3) is 0 Å². The maximum Gasteiger partial charge on any atom is 0.338 e. The number of carbonyl (C=O) groups is 2. The zero-order chi connectivity index (χ0) is 15.5. The maximum absolute atomic E-state index is 12.0. The molecule has 110 valence electrons. The molecule has 0 atom stereocenters. The Labute approximate surface area is 123 Å². The van der Waals surface area contributed by atoms with Crippen molar-refractivity contribution in [3.05, 3.63) is 53.3 Å². The van der Waals surface area contributed by atoms with E-state index in [0.717, 1.165) is 11.8 Å². The third kappa shape index (κ3) is 4.27. The highest BCUT2D eigenvalue weighted by molar-refractivity contribution is 5.89. The lowest BCUT2D eigenvalue weighted by atomic mass is 10.1. The first kappa shape index (κ1) is 15.0. The molecule has 0 N–H and O–H groups in total. The van der Waals surface area contributed by atoms with Crippen molar-refractivity contribution in [2.75, 3.05) is 0 Å². The number of aromatic nitrogens is 2. The van der Waals surface area contributed by atoms with Gasteiger partial charge in [0, 0.05) is 6.20 Å². The first-order valence-corrected chi connectivity index (χ1v) is 6.67. The summed E-state index contributed by atoms with van der Waals surface area (Å²) in [6, 6.07) is 7.20. The average molecular weight is 286 g/mol. The minimum absolute atomic E-state index is 0.349. The van der Waals surface area contributed by atoms with Crippen LogP contribution < -0.4 is 0 Å². The van der Waals surface area contributed by atoms with Crippen LogP contribution in [0.25, 0.3) is 0 Å². The lowest BCUT2D eigenvalue weighted by Gasteiger charge is -2.19. The molecule has 0 radical (unpaired) electrons. The summed E-state index contributed by atoms with van der Waals surface area (Å²) in [5.74, 6) is -0.349. The summed E-state index contributed by atoms with van der Waals surface area (Å²) >= 11 is 0. The normalized spacial score (nSPS) is 11.2. The monoisotopic (exact) mass is 286 g/mol. The van der Waals surface area contributed by atoms with Crippen molar-refractivity contribution in [3.8, 4) is 0 Å². The van der Waals surface area contributed by atoms with Crippen molar-refractivity contribution in [1.82, 2.24) is 9.78 Å². The molecule has 1 aromatic carbocycles. The first-order valence-electron chi connectivity index (χ1n) is 6.67. The van der Waals surface area contributed by atoms with E-state index < -0.39 is 5.60 Å². The Morgan fingerprint density at radius 2 is 2.14 bits per heavy atom. The topological polar surface area (TPSA) is 61.2 Å². The lowest BCUT2D eigenvalue weighted by molar-refractivity contribution is 0.00693. The SMILES string of the molecule is CC(C)(C)OC(=O)c1cccc(Cn2cc(C=O)cn2)c1. The largest absolute Gasteiger partial charge is 0.456 e. The Kier molecular flexibility index (Phi) is 4.21. The molecule has 0 bridgehead atoms. The fourth-order valence-electron chi connectivity index (χ4n) is 1.85. The van der Waals surface area contributed by atoms with Crippen molar-refractivity contribution in [2.45, 2.75) is 32.9 Å². The number of ether oxygens (including phenoxy) is 1. The molecule has 0 aliphatic heterocycles. The van der Waals surface area contributed by atoms with E-state index in [1.54, 1.807) is 29.1 Å². The van der Waals surface area contributed by atoms with E-state index in [9.17, 15) is 9.59 Å². The van der Waals surface area contributed by atoms with Crippen LogP contribution in [0, 0.1) is 0 Å². The van der Waals surface area contributed by atoms with Gasteiger partial charge in [0.05, 0.1) is 23.9 Å². The highest BCUT2D eigenvalue weighted by Crippen LogP contribution is 2.14. The Morgan fingerprint density at radius 1 is 1.38 bits per heavy atom. The molecule has 0 aliphatic carbocycles. The van der Waals surface area contributed by atoms with Crippen LogP contribution in [0.3, 0.4) is 0 Å². The van der Waals surface area contributed by atoms with Crippen molar-refractivity contribution < 1.29 is 14.3 Å². The number of benzene rings is 1. The number of nitrogens with zero attached hydrogens (tertiary/aromatic N) is 2. The third-order valence-electron chi connectivity index (χ3n) is 2.70. The molecule has 5 heteroatoms. The van der Waals surface area contributed by atoms with E-state index in [4.69, 9.17) is 4.74 Å². The molecule has 0 amide bonds. The van der Waals surface area contributed by atoms with Crippen LogP contribution in [0.5, 0.6) is 0 Å². The van der Waals surface area contributed by atoms with Gasteiger partial charge in [-0.15, -0.1) is 0 Å². The molecule has 0 saturated carbocycles. The number of hydrogen-bond acceptors (Lipinski definition) is 4. The van der Waals surface area contributed by atoms with Crippen LogP contribution in [0.15, 0.2) is 36.7 Å². The predicted octanol–water partition coefficient (Wildman–Crippen LogP) is 2.70. The Morgan fingerprint density at radius 3 is 2.76 bits per heavy atom. The zero-order valence-electron chi connectivity index (χ0n) is 12.4. The predicted molar refractivity (Wildman–Crippen MR) is 78.3 cm³/mol. The van der Waals surface area contributed by atoms with E-state index in [-0.39, 0.29) is 5.97 Å². The molecule has 0 saturated heterocycles. The van der Waals surface area contributed by atoms with Gasteiger partial charge in [0.1, 0.15) is 5.60 Å². The standard InChI is InChI=1S/C16H18N2O3/c1-16(2,3)21-15(20)14-6-4-5-12(7-14)9-18-10-13(11-19)8-17-18/h4-8,10-11H,9H2,1-3H3. The molecule has 0 spiro atoms. The van der Waals surface area contributed by atoms with Crippen LogP contribution in [0.1, 0.15) is 47.1 Å². The Bertz CT molecular complexity index is 654. The molecule has 21 heavy (non-hydrogen) atoms. The third-order valence-corrected chi connectivity index (χ3v) is 2.70. The van der Waals surface area contributed by atoms with Gasteiger partial charge in [-0.1, -0.05) is 12.1 Å². The second-order valence-electron chi connectivity index (χ2n) is 5.79. The van der Waals surface area contributed by atoms with E-state index >= 15 is 0 Å². The fraction of sp³-hybridized carbons (Fsp3) is 0.312. The molecule has 1 aromatic heterocycles. The smallest absolute Gasteiger partial charge is 0.338 e. The van der Waals surface area contributed by atoms with Gasteiger partial charge in [0.2, 0.25) is 0 Å². The molecule has 2 aromatic rings. The van der Waals surface area contributed by atoms with E-state index in [0.29, 0.717) is 17.7 Å². The van der Waals surface area contributed by atoms with Gasteiger partial charge in [-0.3, -0.25) is 9.48 Å². The van der Waals surface area contributed by atoms with Crippen molar-refractivity contribution in [2.24, 2.45) is 0 Å². The summed E-state index contributed by atoms with van der Waals surface area (Å²) < 4.78 is 6.99. The summed E-state index contributed by atoms with van der Waals surface area (Å²) in [6.07, 6.45) is 3.92. The molecule has 0 fully saturated rings. The minimum atomic E-state index is -0.520. The highest BCUT2D eigenvalue weighted by Gasteiger charge is 2.17. The Balaban J connectivity index is 2.13. The minimum Gasteiger partial charge on any atom is -0.456 e. The van der Waals surface area contributed by atoms with Crippen molar-refractivity contribution >= 4 is 12.3 Å². The van der Waals surface area contributed by atoms with Crippen LogP contribution >= 0.6 is 0 Å². The number of esters is 1. The molecular weight excluding hydrogens is 268 g/mol. The van der Waals surface area contributed by atoms with Gasteiger partial charge in [0.15, 0.2) is 6.29 Å². The zero-order valence-corrected chi connectivity index (χ0v) is 12.4. The number of hydrogen-bond donors (Lipinski definition) is 0. The summed E-state index contributed by atoms with van der Waals surface area (Å²) in [5, 5.41) is 4.09. The summed E-state index contributed by atoms with van der Waals surface area (Å²) in [6.45, 7) is 5.99. The van der Waals surface area contributed by atoms with Crippen LogP contribution in [-0.4, -0.2) is 27.6 Å². The first-order chi connectivity index (χ1) is 9.87. The highest BCUT2D eigenvalue weighted by atomic mass is 16.6. The van der Waals surface area contributed by atoms with Crippen molar-refractivity contribution in [3.63, 3.8) is 0 Å². The van der Waals surface area contributed by atoms with E-state index in [1.807, 2.05) is 26.8 Å². The van der Waals surface area contributed by atoms with Crippen LogP contribution in [-0.2, 0) is 11.3 Å². The number of carbonyl (C=O) groups excluding carboxylic acids is 2. The second kappa shape index (κ2) is 5.91. The number of rotatable bonds is 4. The van der Waals surface area contributed by atoms with Crippen molar-refractivity contribution in [1.29, 1.82) is 0 Å². The lowest BCUT2D eigenvalue weighted by Crippen LogP contribution is -2.24. The maximum atomic E-state index is 12.0. The van der Waals surface area contributed by atoms with Gasteiger partial charge in [-0.25, -0.2) is 4.79 Å². The Hall–Kier alpha value is -2.43. The van der Waals surface area contributed by atoms with E-state index in [2.05, 4.69) is 5.10 Å². The van der Waals surface area contributed by atoms with Gasteiger partial charge in [-0.05, 0) is 38.5 Å². The second-order valence-corrected chi connectivity index (χ2v) is 5.79. The molecule has 1 heterocycles. The van der Waals surface area contributed by atoms with Crippen LogP contribution in [0.2, 0.25) is 0 Å². The quantitative estimate of drug-likeness (QED) is 0.640. The number of aldehydes is 1. The summed E-state index contributed by atoms with van der Waals surface area (Å²) in [7, 11) is 0. The van der Waals surface area contributed by atoms with Gasteiger partial charge in [-0.2, -0.15) is 5.10 Å². The average Bonchev–Trinajstić information content (AvgIpc) is 2.85. The summed E-state index contributed by atoms with van der Waals surface area (Å²) in [4.78, 5) is 22.7. The van der Waals surface area contributed by atoms with Gasteiger partial charge >= 0.3 is 5.97 Å². The molecular formula is C16H18N2O3. The molecule has 2 rings (SSSR count). The fourth-order valence-corrected chi connectivity index (χ4v) is 1.85. The molecule has 5 nitrogen and oxygen atoms in total. The van der Waals surface area contributed by atoms with Crippen LogP contribution in [0.4, 0.5) is 0 Å². The summed E-state index contributed by atoms with van der Waals surface area (Å²) in [5.41, 5.74) is 1.43. The van der Waals surface area contributed by atoms with Gasteiger partial charge < -0.3 is 4.74 Å². The molecule has 0 unspecified atom stereocenters. The van der Waals surface area contributed by atoms with E-state index in [1.165, 1.54) is 6.20 Å². The molecule has 0 aliphatic rings.